The van der Waals surface area contributed by atoms with Crippen molar-refractivity contribution >= 4 is 23.4 Å². The Morgan fingerprint density at radius 2 is 1.53 bits per heavy atom. The zero-order valence-electron chi connectivity index (χ0n) is 20.3. The summed E-state index contributed by atoms with van der Waals surface area (Å²) in [7, 11) is 3.81. The molecule has 1 saturated carbocycles. The normalized spacial score (nSPS) is 25.7. The van der Waals surface area contributed by atoms with E-state index in [2.05, 4.69) is 0 Å². The van der Waals surface area contributed by atoms with Crippen molar-refractivity contribution in [2.24, 2.45) is 23.7 Å². The number of esters is 2. The van der Waals surface area contributed by atoms with Crippen molar-refractivity contribution < 1.29 is 29.0 Å². The molecule has 1 aliphatic carbocycles. The standard InChI is InChI=1S/C25H37NO6/c1-15(2)13-31-23(28)21-19(27)12-25(5,30)22(24(29)32-14-16(3)4)20(21)17-8-10-18(11-9-17)26(6)7/h8-11,15-16,20-22,30H,12-14H2,1-7H3/t20-,21-,22+,25+/m1/s1. The van der Waals surface area contributed by atoms with Gasteiger partial charge in [-0.1, -0.05) is 39.8 Å². The summed E-state index contributed by atoms with van der Waals surface area (Å²) in [6, 6.07) is 7.30. The molecular weight excluding hydrogens is 410 g/mol. The highest BCUT2D eigenvalue weighted by Crippen LogP contribution is 2.47. The molecule has 0 saturated heterocycles. The first-order chi connectivity index (χ1) is 14.8. The Morgan fingerprint density at radius 3 is 2.00 bits per heavy atom. The van der Waals surface area contributed by atoms with E-state index < -0.39 is 41.1 Å². The molecule has 1 aromatic rings. The fourth-order valence-corrected chi connectivity index (χ4v) is 4.09. The third-order valence-electron chi connectivity index (χ3n) is 5.69. The van der Waals surface area contributed by atoms with Crippen molar-refractivity contribution in [3.8, 4) is 0 Å². The molecule has 0 radical (unpaired) electrons. The van der Waals surface area contributed by atoms with Crippen LogP contribution in [-0.2, 0) is 23.9 Å². The van der Waals surface area contributed by atoms with Crippen LogP contribution in [0.4, 0.5) is 5.69 Å². The Kier molecular flexibility index (Phi) is 8.46. The molecule has 7 heteroatoms. The van der Waals surface area contributed by atoms with Crippen LogP contribution in [0.1, 0.15) is 52.5 Å². The van der Waals surface area contributed by atoms with Crippen LogP contribution >= 0.6 is 0 Å². The Hall–Kier alpha value is -2.41. The Morgan fingerprint density at radius 1 is 1.03 bits per heavy atom. The van der Waals surface area contributed by atoms with Gasteiger partial charge < -0.3 is 19.5 Å². The first kappa shape index (κ1) is 25.8. The van der Waals surface area contributed by atoms with Gasteiger partial charge in [-0.3, -0.25) is 14.4 Å². The number of carbonyl (C=O) groups excluding carboxylic acids is 3. The lowest BCUT2D eigenvalue weighted by Crippen LogP contribution is -2.55. The number of rotatable bonds is 8. The monoisotopic (exact) mass is 447 g/mol. The second-order valence-corrected chi connectivity index (χ2v) is 10.0. The van der Waals surface area contributed by atoms with Gasteiger partial charge in [-0.05, 0) is 36.5 Å². The predicted octanol–water partition coefficient (Wildman–Crippen LogP) is 3.19. The van der Waals surface area contributed by atoms with Crippen LogP contribution in [0.2, 0.25) is 0 Å². The van der Waals surface area contributed by atoms with E-state index in [1.54, 1.807) is 12.1 Å². The van der Waals surface area contributed by atoms with Gasteiger partial charge in [-0.15, -0.1) is 0 Å². The van der Waals surface area contributed by atoms with Crippen LogP contribution in [0.5, 0.6) is 0 Å². The Labute approximate surface area is 191 Å². The van der Waals surface area contributed by atoms with Gasteiger partial charge in [0.25, 0.3) is 0 Å². The molecular formula is C25H37NO6. The maximum absolute atomic E-state index is 13.2. The molecule has 1 aliphatic rings. The molecule has 1 N–H and O–H groups in total. The molecule has 0 bridgehead atoms. The molecule has 0 spiro atoms. The topological polar surface area (TPSA) is 93.1 Å². The van der Waals surface area contributed by atoms with Gasteiger partial charge in [0, 0.05) is 32.1 Å². The van der Waals surface area contributed by atoms with Crippen LogP contribution in [0.15, 0.2) is 24.3 Å². The molecule has 7 nitrogen and oxygen atoms in total. The van der Waals surface area contributed by atoms with Crippen LogP contribution < -0.4 is 4.90 Å². The minimum atomic E-state index is -1.65. The van der Waals surface area contributed by atoms with E-state index >= 15 is 0 Å². The number of Topliss-reactive ketones (excluding diaryl/α,β-unsaturated/α-hetero) is 1. The number of ketones is 1. The Balaban J connectivity index is 2.54. The van der Waals surface area contributed by atoms with Gasteiger partial charge in [0.15, 0.2) is 5.78 Å². The highest BCUT2D eigenvalue weighted by atomic mass is 16.5. The zero-order valence-corrected chi connectivity index (χ0v) is 20.3. The minimum absolute atomic E-state index is 0.102. The number of hydrogen-bond donors (Lipinski definition) is 1. The first-order valence-electron chi connectivity index (χ1n) is 11.2. The summed E-state index contributed by atoms with van der Waals surface area (Å²) in [6.45, 7) is 9.47. The molecule has 178 valence electrons. The fourth-order valence-electron chi connectivity index (χ4n) is 4.09. The van der Waals surface area contributed by atoms with Crippen LogP contribution in [0.3, 0.4) is 0 Å². The van der Waals surface area contributed by atoms with Gasteiger partial charge in [-0.25, -0.2) is 0 Å². The first-order valence-corrected chi connectivity index (χ1v) is 11.2. The van der Waals surface area contributed by atoms with E-state index in [0.29, 0.717) is 5.56 Å². The lowest BCUT2D eigenvalue weighted by Gasteiger charge is -2.43. The molecule has 0 heterocycles. The number of benzene rings is 1. The average molecular weight is 448 g/mol. The molecule has 32 heavy (non-hydrogen) atoms. The second-order valence-electron chi connectivity index (χ2n) is 10.0. The van der Waals surface area contributed by atoms with Crippen molar-refractivity contribution in [3.63, 3.8) is 0 Å². The summed E-state index contributed by atoms with van der Waals surface area (Å²) in [5.41, 5.74) is -0.104. The maximum Gasteiger partial charge on any atom is 0.317 e. The van der Waals surface area contributed by atoms with Crippen molar-refractivity contribution in [1.29, 1.82) is 0 Å². The number of aliphatic hydroxyl groups is 1. The number of carbonyl (C=O) groups is 3. The lowest BCUT2D eigenvalue weighted by atomic mass is 9.61. The third-order valence-corrected chi connectivity index (χ3v) is 5.69. The summed E-state index contributed by atoms with van der Waals surface area (Å²) >= 11 is 0. The molecule has 2 rings (SSSR count). The van der Waals surface area contributed by atoms with Gasteiger partial charge in [0.2, 0.25) is 0 Å². The Bertz CT molecular complexity index is 812. The van der Waals surface area contributed by atoms with E-state index in [4.69, 9.17) is 9.47 Å². The van der Waals surface area contributed by atoms with Gasteiger partial charge in [0.05, 0.1) is 24.7 Å². The molecule has 0 unspecified atom stereocenters. The SMILES string of the molecule is CC(C)COC(=O)[C@@H]1C(=O)C[C@](C)(O)[C@H](C(=O)OCC(C)C)[C@@H]1c1ccc(N(C)C)cc1. The van der Waals surface area contributed by atoms with E-state index in [1.165, 1.54) is 6.92 Å². The van der Waals surface area contributed by atoms with E-state index in [0.717, 1.165) is 5.69 Å². The largest absolute Gasteiger partial charge is 0.465 e. The van der Waals surface area contributed by atoms with E-state index in [-0.39, 0.29) is 31.5 Å². The molecule has 1 aromatic carbocycles. The highest BCUT2D eigenvalue weighted by Gasteiger charge is 2.57. The molecule has 4 atom stereocenters. The smallest absolute Gasteiger partial charge is 0.317 e. The predicted molar refractivity (Wildman–Crippen MR) is 122 cm³/mol. The summed E-state index contributed by atoms with van der Waals surface area (Å²) in [6.07, 6.45) is -0.317. The van der Waals surface area contributed by atoms with Crippen molar-refractivity contribution in [1.82, 2.24) is 0 Å². The van der Waals surface area contributed by atoms with E-state index in [9.17, 15) is 19.5 Å². The van der Waals surface area contributed by atoms with Gasteiger partial charge in [0.1, 0.15) is 5.92 Å². The van der Waals surface area contributed by atoms with Crippen molar-refractivity contribution in [3.05, 3.63) is 29.8 Å². The quantitative estimate of drug-likeness (QED) is 0.483. The van der Waals surface area contributed by atoms with Crippen LogP contribution in [0, 0.1) is 23.7 Å². The lowest BCUT2D eigenvalue weighted by molar-refractivity contribution is -0.173. The summed E-state index contributed by atoms with van der Waals surface area (Å²) in [5, 5.41) is 11.2. The van der Waals surface area contributed by atoms with Crippen LogP contribution in [0.25, 0.3) is 0 Å². The van der Waals surface area contributed by atoms with Gasteiger partial charge >= 0.3 is 11.9 Å². The third kappa shape index (κ3) is 6.09. The minimum Gasteiger partial charge on any atom is -0.465 e. The van der Waals surface area contributed by atoms with Crippen molar-refractivity contribution in [2.75, 3.05) is 32.2 Å². The van der Waals surface area contributed by atoms with Crippen LogP contribution in [-0.4, -0.2) is 55.7 Å². The van der Waals surface area contributed by atoms with E-state index in [1.807, 2.05) is 58.8 Å². The summed E-state index contributed by atoms with van der Waals surface area (Å²) in [4.78, 5) is 41.2. The van der Waals surface area contributed by atoms with Crippen molar-refractivity contribution in [2.45, 2.75) is 52.6 Å². The molecule has 0 aromatic heterocycles. The highest BCUT2D eigenvalue weighted by molar-refractivity contribution is 6.02. The van der Waals surface area contributed by atoms with Gasteiger partial charge in [-0.2, -0.15) is 0 Å². The fraction of sp³-hybridized carbons (Fsp3) is 0.640. The molecule has 0 aliphatic heterocycles. The molecule has 0 amide bonds. The number of ether oxygens (including phenoxy) is 2. The molecule has 1 fully saturated rings. The summed E-state index contributed by atoms with van der Waals surface area (Å²) in [5.74, 6) is -4.65. The number of nitrogens with zero attached hydrogens (tertiary/aromatic N) is 1. The number of anilines is 1. The maximum atomic E-state index is 13.2. The summed E-state index contributed by atoms with van der Waals surface area (Å²) < 4.78 is 10.9. The zero-order chi connectivity index (χ0) is 24.2. The second kappa shape index (κ2) is 10.5. The average Bonchev–Trinajstić information content (AvgIpc) is 2.69. The number of hydrogen-bond acceptors (Lipinski definition) is 7.